The van der Waals surface area contributed by atoms with E-state index in [0.717, 1.165) is 0 Å². The third-order valence-electron chi connectivity index (χ3n) is 4.94. The second-order valence-corrected chi connectivity index (χ2v) is 6.43. The maximum absolute atomic E-state index is 12.6. The fourth-order valence-electron chi connectivity index (χ4n) is 3.40. The van der Waals surface area contributed by atoms with Crippen molar-refractivity contribution in [1.29, 1.82) is 5.26 Å². The molecule has 0 saturated carbocycles. The van der Waals surface area contributed by atoms with Crippen molar-refractivity contribution < 1.29 is 14.4 Å². The first-order valence-electron chi connectivity index (χ1n) is 8.63. The van der Waals surface area contributed by atoms with Crippen LogP contribution < -0.4 is 5.32 Å². The van der Waals surface area contributed by atoms with Gasteiger partial charge in [-0.15, -0.1) is 0 Å². The molecular weight excluding hydrogens is 334 g/mol. The summed E-state index contributed by atoms with van der Waals surface area (Å²) in [6.45, 7) is 5.20. The van der Waals surface area contributed by atoms with Crippen molar-refractivity contribution in [1.82, 2.24) is 14.7 Å². The lowest BCUT2D eigenvalue weighted by molar-refractivity contribution is -0.131. The molecule has 8 nitrogen and oxygen atoms in total. The second-order valence-electron chi connectivity index (χ2n) is 6.43. The molecule has 2 atom stereocenters. The maximum atomic E-state index is 12.6. The molecule has 136 valence electrons. The maximum Gasteiger partial charge on any atom is 0.327 e. The van der Waals surface area contributed by atoms with E-state index in [9.17, 15) is 14.4 Å². The lowest BCUT2D eigenvalue weighted by atomic mass is 10.1. The Kier molecular flexibility index (Phi) is 4.91. The standard InChI is InChI=1S/C18H21N5O3/c1-3-22-17(25)15-11-21(7-8-23(15)18(22)26)12(2)16(24)20-14-6-4-5-13(9-14)10-19/h4-6,9,12,15H,3,7-8,11H2,1-2H3,(H,20,24)/t12-,15+/m0/s1. The average Bonchev–Trinajstić information content (AvgIpc) is 2.90. The Bertz CT molecular complexity index is 787. The summed E-state index contributed by atoms with van der Waals surface area (Å²) in [5.74, 6) is -0.408. The third-order valence-corrected chi connectivity index (χ3v) is 4.94. The number of nitriles is 1. The van der Waals surface area contributed by atoms with Gasteiger partial charge in [0.25, 0.3) is 5.91 Å². The summed E-state index contributed by atoms with van der Waals surface area (Å²) < 4.78 is 0. The first kappa shape index (κ1) is 17.9. The molecule has 3 rings (SSSR count). The molecule has 0 bridgehead atoms. The molecular formula is C18H21N5O3. The number of benzene rings is 1. The summed E-state index contributed by atoms with van der Waals surface area (Å²) >= 11 is 0. The van der Waals surface area contributed by atoms with E-state index in [1.54, 1.807) is 43.0 Å². The number of urea groups is 1. The first-order chi connectivity index (χ1) is 12.5. The van der Waals surface area contributed by atoms with Gasteiger partial charge in [0.15, 0.2) is 0 Å². The van der Waals surface area contributed by atoms with Gasteiger partial charge in [-0.2, -0.15) is 5.26 Å². The summed E-state index contributed by atoms with van der Waals surface area (Å²) in [4.78, 5) is 41.9. The van der Waals surface area contributed by atoms with Crippen LogP contribution in [0.25, 0.3) is 0 Å². The monoisotopic (exact) mass is 355 g/mol. The summed E-state index contributed by atoms with van der Waals surface area (Å²) in [7, 11) is 0. The molecule has 1 aromatic carbocycles. The highest BCUT2D eigenvalue weighted by Crippen LogP contribution is 2.23. The van der Waals surface area contributed by atoms with E-state index in [2.05, 4.69) is 5.32 Å². The van der Waals surface area contributed by atoms with Gasteiger partial charge in [0.05, 0.1) is 17.7 Å². The molecule has 1 aromatic rings. The molecule has 2 fully saturated rings. The topological polar surface area (TPSA) is 96.8 Å². The van der Waals surface area contributed by atoms with Crippen molar-refractivity contribution >= 4 is 23.5 Å². The zero-order chi connectivity index (χ0) is 18.8. The van der Waals surface area contributed by atoms with E-state index < -0.39 is 12.1 Å². The number of carbonyl (C=O) groups excluding carboxylic acids is 3. The number of anilines is 1. The molecule has 0 aliphatic carbocycles. The Balaban J connectivity index is 1.66. The van der Waals surface area contributed by atoms with Crippen LogP contribution in [0, 0.1) is 11.3 Å². The fourth-order valence-corrected chi connectivity index (χ4v) is 3.40. The second kappa shape index (κ2) is 7.14. The van der Waals surface area contributed by atoms with Crippen LogP contribution in [0.3, 0.4) is 0 Å². The number of nitrogens with one attached hydrogen (secondary N) is 1. The summed E-state index contributed by atoms with van der Waals surface area (Å²) in [6.07, 6.45) is 0. The molecule has 2 aliphatic heterocycles. The Morgan fingerprint density at radius 2 is 2.15 bits per heavy atom. The number of hydrogen-bond donors (Lipinski definition) is 1. The Morgan fingerprint density at radius 3 is 2.85 bits per heavy atom. The van der Waals surface area contributed by atoms with Gasteiger partial charge in [0.2, 0.25) is 5.91 Å². The quantitative estimate of drug-likeness (QED) is 0.808. The molecule has 0 spiro atoms. The molecule has 0 aromatic heterocycles. The van der Waals surface area contributed by atoms with Crippen LogP contribution in [0.4, 0.5) is 10.5 Å². The highest BCUT2D eigenvalue weighted by Gasteiger charge is 2.47. The average molecular weight is 355 g/mol. The highest BCUT2D eigenvalue weighted by molar-refractivity contribution is 6.04. The van der Waals surface area contributed by atoms with Gasteiger partial charge >= 0.3 is 6.03 Å². The number of fused-ring (bicyclic) bond motifs is 1. The van der Waals surface area contributed by atoms with Gasteiger partial charge in [0, 0.05) is 31.9 Å². The minimum Gasteiger partial charge on any atom is -0.325 e. The Labute approximate surface area is 152 Å². The minimum atomic E-state index is -0.520. The predicted octanol–water partition coefficient (Wildman–Crippen LogP) is 0.854. The SMILES string of the molecule is CCN1C(=O)[C@H]2CN([C@@H](C)C(=O)Nc3cccc(C#N)c3)CCN2C1=O. The van der Waals surface area contributed by atoms with Crippen LogP contribution in [0.5, 0.6) is 0 Å². The zero-order valence-corrected chi connectivity index (χ0v) is 14.8. The molecule has 1 N–H and O–H groups in total. The van der Waals surface area contributed by atoms with Gasteiger partial charge in [-0.05, 0) is 32.0 Å². The normalized spacial score (nSPS) is 21.3. The third kappa shape index (κ3) is 3.13. The molecule has 2 saturated heterocycles. The molecule has 0 unspecified atom stereocenters. The van der Waals surface area contributed by atoms with Crippen molar-refractivity contribution in [3.8, 4) is 6.07 Å². The van der Waals surface area contributed by atoms with E-state index >= 15 is 0 Å². The fraction of sp³-hybridized carbons (Fsp3) is 0.444. The zero-order valence-electron chi connectivity index (χ0n) is 14.8. The van der Waals surface area contributed by atoms with Gasteiger partial charge in [-0.1, -0.05) is 6.07 Å². The number of nitrogens with zero attached hydrogens (tertiary/aromatic N) is 4. The highest BCUT2D eigenvalue weighted by atomic mass is 16.2. The van der Waals surface area contributed by atoms with Crippen LogP contribution >= 0.6 is 0 Å². The number of piperazine rings is 1. The van der Waals surface area contributed by atoms with E-state index in [1.807, 2.05) is 11.0 Å². The Hall–Kier alpha value is -2.92. The summed E-state index contributed by atoms with van der Waals surface area (Å²) in [6, 6.07) is 7.53. The summed E-state index contributed by atoms with van der Waals surface area (Å²) in [5, 5.41) is 11.8. The lowest BCUT2D eigenvalue weighted by Crippen LogP contribution is -2.57. The number of likely N-dealkylation sites (N-methyl/N-ethyl adjacent to an activating group) is 1. The Morgan fingerprint density at radius 1 is 1.38 bits per heavy atom. The van der Waals surface area contributed by atoms with Crippen LogP contribution in [0.2, 0.25) is 0 Å². The molecule has 0 radical (unpaired) electrons. The van der Waals surface area contributed by atoms with E-state index in [0.29, 0.717) is 37.4 Å². The van der Waals surface area contributed by atoms with Crippen LogP contribution in [0.1, 0.15) is 19.4 Å². The van der Waals surface area contributed by atoms with E-state index in [4.69, 9.17) is 5.26 Å². The van der Waals surface area contributed by atoms with Crippen molar-refractivity contribution in [3.63, 3.8) is 0 Å². The first-order valence-corrected chi connectivity index (χ1v) is 8.63. The van der Waals surface area contributed by atoms with Crippen LogP contribution in [0.15, 0.2) is 24.3 Å². The molecule has 2 heterocycles. The van der Waals surface area contributed by atoms with Crippen LogP contribution in [-0.2, 0) is 9.59 Å². The van der Waals surface area contributed by atoms with Gasteiger partial charge < -0.3 is 10.2 Å². The number of carbonyl (C=O) groups is 3. The molecule has 8 heteroatoms. The van der Waals surface area contributed by atoms with Crippen molar-refractivity contribution in [2.45, 2.75) is 25.9 Å². The van der Waals surface area contributed by atoms with Crippen LogP contribution in [-0.4, -0.2) is 70.8 Å². The minimum absolute atomic E-state index is 0.198. The molecule has 4 amide bonds. The van der Waals surface area contributed by atoms with E-state index in [-0.39, 0.29) is 17.8 Å². The predicted molar refractivity (Wildman–Crippen MR) is 94.1 cm³/mol. The van der Waals surface area contributed by atoms with Gasteiger partial charge in [-0.25, -0.2) is 4.79 Å². The summed E-state index contributed by atoms with van der Waals surface area (Å²) in [5.41, 5.74) is 1.03. The van der Waals surface area contributed by atoms with E-state index in [1.165, 1.54) is 4.90 Å². The number of amides is 4. The number of hydrogen-bond acceptors (Lipinski definition) is 5. The lowest BCUT2D eigenvalue weighted by Gasteiger charge is -2.38. The number of rotatable bonds is 4. The van der Waals surface area contributed by atoms with Crippen molar-refractivity contribution in [2.24, 2.45) is 0 Å². The van der Waals surface area contributed by atoms with Crippen molar-refractivity contribution in [3.05, 3.63) is 29.8 Å². The largest absolute Gasteiger partial charge is 0.327 e. The molecule has 2 aliphatic rings. The smallest absolute Gasteiger partial charge is 0.325 e. The van der Waals surface area contributed by atoms with Gasteiger partial charge in [-0.3, -0.25) is 19.4 Å². The molecule has 26 heavy (non-hydrogen) atoms. The number of imide groups is 1. The van der Waals surface area contributed by atoms with Crippen molar-refractivity contribution in [2.75, 3.05) is 31.5 Å². The van der Waals surface area contributed by atoms with Gasteiger partial charge in [0.1, 0.15) is 6.04 Å².